The molecule has 3 N–H and O–H groups in total. The summed E-state index contributed by atoms with van der Waals surface area (Å²) in [6, 6.07) is 6.79. The Bertz CT molecular complexity index is 789. The van der Waals surface area contributed by atoms with Crippen LogP contribution in [0.1, 0.15) is 12.5 Å². The van der Waals surface area contributed by atoms with Crippen molar-refractivity contribution in [2.75, 3.05) is 6.61 Å². The molecule has 0 aliphatic carbocycles. The van der Waals surface area contributed by atoms with Gasteiger partial charge >= 0.3 is 5.97 Å². The van der Waals surface area contributed by atoms with E-state index in [1.54, 1.807) is 19.1 Å². The molecule has 0 aliphatic rings. The highest BCUT2D eigenvalue weighted by molar-refractivity contribution is 14.1. The van der Waals surface area contributed by atoms with Gasteiger partial charge in [0.25, 0.3) is 0 Å². The lowest BCUT2D eigenvalue weighted by molar-refractivity contribution is -0.144. The van der Waals surface area contributed by atoms with Crippen molar-refractivity contribution >= 4 is 109 Å². The van der Waals surface area contributed by atoms with Crippen LogP contribution in [-0.2, 0) is 16.0 Å². The summed E-state index contributed by atoms with van der Waals surface area (Å²) in [5.41, 5.74) is 6.85. The normalized spacial score (nSPS) is 11.5. The summed E-state index contributed by atoms with van der Waals surface area (Å²) in [5, 5.41) is 9.89. The third-order valence-corrected chi connectivity index (χ3v) is 6.56. The maximum absolute atomic E-state index is 11.7. The maximum atomic E-state index is 11.7. The second-order valence-corrected chi connectivity index (χ2v) is 9.94. The van der Waals surface area contributed by atoms with Crippen LogP contribution in [0.5, 0.6) is 17.2 Å². The molecule has 0 saturated carbocycles. The molecule has 0 radical (unpaired) electrons. The van der Waals surface area contributed by atoms with Gasteiger partial charge in [-0.25, -0.2) is 0 Å². The van der Waals surface area contributed by atoms with E-state index in [-0.39, 0.29) is 18.2 Å². The average molecular weight is 841 g/mol. The molecule has 2 rings (SSSR count). The van der Waals surface area contributed by atoms with Crippen molar-refractivity contribution in [3.05, 3.63) is 44.1 Å². The van der Waals surface area contributed by atoms with Crippen molar-refractivity contribution in [1.29, 1.82) is 0 Å². The Hall–Kier alpha value is 0.680. The summed E-state index contributed by atoms with van der Waals surface area (Å²) in [6.45, 7) is 2.08. The summed E-state index contributed by atoms with van der Waals surface area (Å²) < 4.78 is 14.3. The lowest BCUT2D eigenvalue weighted by Gasteiger charge is -2.15. The van der Waals surface area contributed by atoms with Crippen LogP contribution < -0.4 is 10.5 Å². The van der Waals surface area contributed by atoms with E-state index in [9.17, 15) is 9.90 Å². The molecule has 10 heteroatoms. The van der Waals surface area contributed by atoms with Gasteiger partial charge in [0.1, 0.15) is 17.5 Å². The first kappa shape index (κ1) is 25.7. The molecule has 1 unspecified atom stereocenters. The fraction of sp³-hybridized carbons (Fsp3) is 0.235. The van der Waals surface area contributed by atoms with Crippen LogP contribution >= 0.6 is 103 Å². The summed E-state index contributed by atoms with van der Waals surface area (Å²) in [6.07, 6.45) is 0.403. The van der Waals surface area contributed by atoms with Gasteiger partial charge in [0.2, 0.25) is 0 Å². The second-order valence-electron chi connectivity index (χ2n) is 5.29. The van der Waals surface area contributed by atoms with Crippen molar-refractivity contribution < 1.29 is 19.4 Å². The molecule has 0 amide bonds. The number of ether oxygens (including phenoxy) is 2. The number of carbonyl (C=O) groups excluding carboxylic acids is 1. The summed E-state index contributed by atoms with van der Waals surface area (Å²) in [7, 11) is 0. The Kier molecular flexibility index (Phi) is 11.2. The predicted molar refractivity (Wildman–Crippen MR) is 141 cm³/mol. The van der Waals surface area contributed by atoms with E-state index >= 15 is 0 Å². The minimum absolute atomic E-state index is 0. The molecular weight excluding hydrogens is 825 g/mol. The van der Waals surface area contributed by atoms with Gasteiger partial charge in [-0.2, -0.15) is 0 Å². The van der Waals surface area contributed by atoms with E-state index in [4.69, 9.17) is 15.2 Å². The van der Waals surface area contributed by atoms with E-state index in [1.165, 1.54) is 0 Å². The van der Waals surface area contributed by atoms with Crippen molar-refractivity contribution in [3.63, 3.8) is 0 Å². The summed E-state index contributed by atoms with van der Waals surface area (Å²) in [4.78, 5) is 11.7. The minimum Gasteiger partial charge on any atom is -0.506 e. The first-order valence-electron chi connectivity index (χ1n) is 7.49. The van der Waals surface area contributed by atoms with Gasteiger partial charge in [0.05, 0.1) is 20.9 Å². The van der Waals surface area contributed by atoms with Crippen LogP contribution in [0.15, 0.2) is 24.3 Å². The average Bonchev–Trinajstić information content (AvgIpc) is 2.56. The number of hydrogen-bond acceptors (Lipinski definition) is 5. The van der Waals surface area contributed by atoms with Gasteiger partial charge in [-0.1, -0.05) is 0 Å². The smallest absolute Gasteiger partial charge is 0.323 e. The minimum atomic E-state index is -0.687. The Morgan fingerprint density at radius 1 is 1.07 bits per heavy atom. The largest absolute Gasteiger partial charge is 0.506 e. The van der Waals surface area contributed by atoms with Gasteiger partial charge in [0, 0.05) is 0 Å². The Morgan fingerprint density at radius 3 is 2.07 bits per heavy atom. The van der Waals surface area contributed by atoms with E-state index in [1.807, 2.05) is 12.1 Å². The zero-order chi connectivity index (χ0) is 19.4. The molecule has 0 aromatic heterocycles. The predicted octanol–water partition coefficient (Wildman–Crippen LogP) is 5.46. The van der Waals surface area contributed by atoms with Gasteiger partial charge < -0.3 is 20.3 Å². The Balaban J connectivity index is 0.00000364. The molecule has 5 nitrogen and oxygen atoms in total. The number of phenolic OH excluding ortho intramolecular Hbond substituents is 1. The highest BCUT2D eigenvalue weighted by atomic mass is 127. The molecule has 27 heavy (non-hydrogen) atoms. The van der Waals surface area contributed by atoms with E-state index in [2.05, 4.69) is 90.4 Å². The standard InChI is InChI=1S/C17H15I4NO4.ClH/c1-2-25-17(24)14(22)5-8-3-12(20)16(13(21)4-8)26-9-6-10(18)15(23)11(19)7-9;/h3-4,6-7,14,23H,2,5,22H2,1H3;1H. The van der Waals surface area contributed by atoms with Crippen LogP contribution in [0.3, 0.4) is 0 Å². The summed E-state index contributed by atoms with van der Waals surface area (Å²) in [5.74, 6) is 1.25. The first-order chi connectivity index (χ1) is 12.2. The molecule has 2 aromatic rings. The van der Waals surface area contributed by atoms with Crippen molar-refractivity contribution in [1.82, 2.24) is 0 Å². The van der Waals surface area contributed by atoms with Crippen LogP contribution in [0, 0.1) is 14.3 Å². The number of hydrogen-bond donors (Lipinski definition) is 2. The van der Waals surface area contributed by atoms with E-state index in [0.29, 0.717) is 18.8 Å². The van der Waals surface area contributed by atoms with Crippen LogP contribution in [0.25, 0.3) is 0 Å². The third-order valence-electron chi connectivity index (χ3n) is 3.31. The van der Waals surface area contributed by atoms with E-state index in [0.717, 1.165) is 25.6 Å². The molecule has 148 valence electrons. The molecule has 0 bridgehead atoms. The Morgan fingerprint density at radius 2 is 1.59 bits per heavy atom. The van der Waals surface area contributed by atoms with Crippen molar-refractivity contribution in [2.24, 2.45) is 5.73 Å². The lowest BCUT2D eigenvalue weighted by Crippen LogP contribution is -2.34. The SMILES string of the molecule is CCOC(=O)C(N)Cc1cc(I)c(Oc2cc(I)c(O)c(I)c2)c(I)c1.Cl. The quantitative estimate of drug-likeness (QED) is 0.299. The van der Waals surface area contributed by atoms with Crippen LogP contribution in [0.4, 0.5) is 0 Å². The zero-order valence-corrected chi connectivity index (χ0v) is 23.4. The molecule has 0 aliphatic heterocycles. The fourth-order valence-corrected chi connectivity index (χ4v) is 5.96. The molecule has 0 heterocycles. The lowest BCUT2D eigenvalue weighted by atomic mass is 10.1. The molecule has 0 saturated heterocycles. The Labute approximate surface area is 218 Å². The number of esters is 1. The number of nitrogens with two attached hydrogens (primary N) is 1. The van der Waals surface area contributed by atoms with Gasteiger partial charge in [0.15, 0.2) is 5.75 Å². The van der Waals surface area contributed by atoms with Crippen molar-refractivity contribution in [2.45, 2.75) is 19.4 Å². The third kappa shape index (κ3) is 7.15. The van der Waals surface area contributed by atoms with Gasteiger partial charge in [-0.15, -0.1) is 12.4 Å². The monoisotopic (exact) mass is 841 g/mol. The number of benzene rings is 2. The number of aromatic hydroxyl groups is 1. The van der Waals surface area contributed by atoms with E-state index < -0.39 is 12.0 Å². The van der Waals surface area contributed by atoms with Gasteiger partial charge in [-0.3, -0.25) is 4.79 Å². The topological polar surface area (TPSA) is 81.8 Å². The fourth-order valence-electron chi connectivity index (χ4n) is 2.13. The maximum Gasteiger partial charge on any atom is 0.323 e. The number of carbonyl (C=O) groups is 1. The number of rotatable bonds is 6. The van der Waals surface area contributed by atoms with Crippen LogP contribution in [0.2, 0.25) is 0 Å². The highest BCUT2D eigenvalue weighted by Crippen LogP contribution is 2.36. The van der Waals surface area contributed by atoms with Crippen molar-refractivity contribution in [3.8, 4) is 17.2 Å². The highest BCUT2D eigenvalue weighted by Gasteiger charge is 2.18. The number of phenols is 1. The number of halogens is 5. The summed E-state index contributed by atoms with van der Waals surface area (Å²) >= 11 is 8.55. The molecule has 1 atom stereocenters. The molecular formula is C17H16ClI4NO4. The molecule has 0 spiro atoms. The van der Waals surface area contributed by atoms with Crippen LogP contribution in [-0.4, -0.2) is 23.7 Å². The zero-order valence-electron chi connectivity index (χ0n) is 14.0. The first-order valence-corrected chi connectivity index (χ1v) is 11.8. The second kappa shape index (κ2) is 11.8. The molecule has 0 fully saturated rings. The van der Waals surface area contributed by atoms with Gasteiger partial charge in [-0.05, 0) is 134 Å². The molecule has 2 aromatic carbocycles.